The minimum absolute atomic E-state index is 0.0517. The van der Waals surface area contributed by atoms with Crippen molar-refractivity contribution in [1.82, 2.24) is 9.78 Å². The van der Waals surface area contributed by atoms with Crippen LogP contribution in [0.5, 0.6) is 0 Å². The molecular formula is C12H11ClN4O2S. The molecule has 0 N–H and O–H groups in total. The van der Waals surface area contributed by atoms with Gasteiger partial charge in [0.2, 0.25) is 0 Å². The summed E-state index contributed by atoms with van der Waals surface area (Å²) in [5.41, 5.74) is 0.752. The Morgan fingerprint density at radius 1 is 1.45 bits per heavy atom. The molecule has 0 unspecified atom stereocenters. The van der Waals surface area contributed by atoms with Gasteiger partial charge in [0.15, 0.2) is 5.03 Å². The number of hydrogen-bond acceptors (Lipinski definition) is 4. The van der Waals surface area contributed by atoms with Crippen LogP contribution >= 0.6 is 11.6 Å². The fraction of sp³-hybridized carbons (Fsp3) is 0.167. The average molecular weight is 311 g/mol. The first-order chi connectivity index (χ1) is 9.37. The Bertz CT molecular complexity index is 773. The van der Waals surface area contributed by atoms with Crippen LogP contribution in [0.4, 0.5) is 5.69 Å². The van der Waals surface area contributed by atoms with Crippen molar-refractivity contribution in [2.24, 2.45) is 7.05 Å². The second kappa shape index (κ2) is 5.15. The van der Waals surface area contributed by atoms with E-state index in [1.54, 1.807) is 18.2 Å². The van der Waals surface area contributed by atoms with Crippen LogP contribution < -0.4 is 4.31 Å². The summed E-state index contributed by atoms with van der Waals surface area (Å²) in [6.45, 7) is 0. The summed E-state index contributed by atoms with van der Waals surface area (Å²) >= 11 is 5.88. The quantitative estimate of drug-likeness (QED) is 0.865. The molecule has 0 bridgehead atoms. The Kier molecular flexibility index (Phi) is 3.70. The van der Waals surface area contributed by atoms with Crippen molar-refractivity contribution in [3.63, 3.8) is 0 Å². The van der Waals surface area contributed by atoms with E-state index in [0.29, 0.717) is 11.3 Å². The molecule has 0 amide bonds. The summed E-state index contributed by atoms with van der Waals surface area (Å²) in [5, 5.41) is 12.6. The van der Waals surface area contributed by atoms with Crippen LogP contribution in [0.2, 0.25) is 5.02 Å². The highest BCUT2D eigenvalue weighted by molar-refractivity contribution is 7.92. The summed E-state index contributed by atoms with van der Waals surface area (Å²) in [6.07, 6.45) is 1.27. The standard InChI is InChI=1S/C12H11ClN4O2S/c1-16-12(11(13)8-15-16)20(18,19)17(2)10-5-3-4-9(6-10)7-14/h3-6,8H,1-2H3. The van der Waals surface area contributed by atoms with Gasteiger partial charge in [0, 0.05) is 14.1 Å². The molecule has 1 aromatic carbocycles. The van der Waals surface area contributed by atoms with E-state index in [9.17, 15) is 8.42 Å². The highest BCUT2D eigenvalue weighted by atomic mass is 35.5. The predicted octanol–water partition coefficient (Wildman–Crippen LogP) is 1.77. The van der Waals surface area contributed by atoms with Crippen molar-refractivity contribution < 1.29 is 8.42 Å². The van der Waals surface area contributed by atoms with Crippen LogP contribution in [0.25, 0.3) is 0 Å². The van der Waals surface area contributed by atoms with E-state index in [-0.39, 0.29) is 10.0 Å². The van der Waals surface area contributed by atoms with Crippen LogP contribution in [-0.4, -0.2) is 25.2 Å². The maximum absolute atomic E-state index is 12.5. The zero-order valence-electron chi connectivity index (χ0n) is 10.8. The molecule has 0 saturated heterocycles. The maximum Gasteiger partial charge on any atom is 0.282 e. The summed E-state index contributed by atoms with van der Waals surface area (Å²) in [4.78, 5) is 0. The van der Waals surface area contributed by atoms with Crippen LogP contribution in [0.1, 0.15) is 5.56 Å². The number of benzene rings is 1. The Labute approximate surface area is 121 Å². The molecule has 0 aliphatic carbocycles. The van der Waals surface area contributed by atoms with Gasteiger partial charge in [-0.2, -0.15) is 18.8 Å². The number of aromatic nitrogens is 2. The molecule has 1 heterocycles. The molecule has 0 radical (unpaired) electrons. The number of hydrogen-bond donors (Lipinski definition) is 0. The van der Waals surface area contributed by atoms with Crippen molar-refractivity contribution in [3.05, 3.63) is 41.0 Å². The lowest BCUT2D eigenvalue weighted by molar-refractivity contribution is 0.575. The molecule has 20 heavy (non-hydrogen) atoms. The predicted molar refractivity (Wildman–Crippen MR) is 75.0 cm³/mol. The van der Waals surface area contributed by atoms with Gasteiger partial charge >= 0.3 is 0 Å². The zero-order valence-corrected chi connectivity index (χ0v) is 12.4. The summed E-state index contributed by atoms with van der Waals surface area (Å²) < 4.78 is 27.3. The highest BCUT2D eigenvalue weighted by Crippen LogP contribution is 2.27. The molecule has 0 saturated carbocycles. The first-order valence-electron chi connectivity index (χ1n) is 5.54. The van der Waals surface area contributed by atoms with Gasteiger partial charge in [-0.05, 0) is 18.2 Å². The number of nitrogens with zero attached hydrogens (tertiary/aromatic N) is 4. The Balaban J connectivity index is 2.52. The van der Waals surface area contributed by atoms with Gasteiger partial charge in [-0.1, -0.05) is 17.7 Å². The number of halogens is 1. The van der Waals surface area contributed by atoms with Gasteiger partial charge in [0.1, 0.15) is 0 Å². The topological polar surface area (TPSA) is 79.0 Å². The van der Waals surface area contributed by atoms with E-state index in [2.05, 4.69) is 5.10 Å². The van der Waals surface area contributed by atoms with E-state index in [4.69, 9.17) is 16.9 Å². The van der Waals surface area contributed by atoms with E-state index in [1.807, 2.05) is 6.07 Å². The molecule has 1 aromatic heterocycles. The summed E-state index contributed by atoms with van der Waals surface area (Å²) in [6, 6.07) is 8.27. The third kappa shape index (κ3) is 2.35. The first kappa shape index (κ1) is 14.4. The lowest BCUT2D eigenvalue weighted by atomic mass is 10.2. The van der Waals surface area contributed by atoms with Crippen LogP contribution in [0, 0.1) is 11.3 Å². The fourth-order valence-electron chi connectivity index (χ4n) is 1.73. The van der Waals surface area contributed by atoms with Crippen molar-refractivity contribution >= 4 is 27.3 Å². The second-order valence-corrected chi connectivity index (χ2v) is 6.35. The van der Waals surface area contributed by atoms with Gasteiger partial charge < -0.3 is 0 Å². The number of aryl methyl sites for hydroxylation is 1. The maximum atomic E-state index is 12.5. The normalized spacial score (nSPS) is 11.1. The van der Waals surface area contributed by atoms with Crippen LogP contribution in [0.3, 0.4) is 0 Å². The van der Waals surface area contributed by atoms with Gasteiger partial charge in [-0.3, -0.25) is 8.99 Å². The SMILES string of the molecule is CN(c1cccc(C#N)c1)S(=O)(=O)c1c(Cl)cnn1C. The van der Waals surface area contributed by atoms with E-state index < -0.39 is 10.0 Å². The zero-order chi connectivity index (χ0) is 14.9. The van der Waals surface area contributed by atoms with Crippen molar-refractivity contribution in [2.75, 3.05) is 11.4 Å². The Morgan fingerprint density at radius 3 is 2.70 bits per heavy atom. The number of rotatable bonds is 3. The van der Waals surface area contributed by atoms with E-state index in [1.165, 1.54) is 31.0 Å². The van der Waals surface area contributed by atoms with Gasteiger partial charge in [-0.25, -0.2) is 0 Å². The monoisotopic (exact) mass is 310 g/mol. The van der Waals surface area contributed by atoms with Crippen LogP contribution in [0.15, 0.2) is 35.5 Å². The largest absolute Gasteiger partial charge is 0.282 e. The van der Waals surface area contributed by atoms with Crippen LogP contribution in [-0.2, 0) is 17.1 Å². The summed E-state index contributed by atoms with van der Waals surface area (Å²) in [5.74, 6) is 0. The lowest BCUT2D eigenvalue weighted by Crippen LogP contribution is -2.28. The smallest absolute Gasteiger partial charge is 0.268 e. The molecule has 2 aromatic rings. The first-order valence-corrected chi connectivity index (χ1v) is 7.36. The average Bonchev–Trinajstić information content (AvgIpc) is 2.77. The number of anilines is 1. The third-order valence-corrected chi connectivity index (χ3v) is 5.08. The van der Waals surface area contributed by atoms with Crippen molar-refractivity contribution in [2.45, 2.75) is 5.03 Å². The molecule has 0 aliphatic heterocycles. The van der Waals surface area contributed by atoms with Gasteiger partial charge in [0.05, 0.1) is 28.5 Å². The molecule has 0 aliphatic rings. The molecule has 8 heteroatoms. The van der Waals surface area contributed by atoms with Gasteiger partial charge in [0.25, 0.3) is 10.0 Å². The van der Waals surface area contributed by atoms with Gasteiger partial charge in [-0.15, -0.1) is 0 Å². The molecule has 0 spiro atoms. The van der Waals surface area contributed by atoms with Crippen molar-refractivity contribution in [3.8, 4) is 6.07 Å². The fourth-order valence-corrected chi connectivity index (χ4v) is 3.52. The molecule has 2 rings (SSSR count). The third-order valence-electron chi connectivity index (χ3n) is 2.79. The molecular weight excluding hydrogens is 300 g/mol. The molecule has 6 nitrogen and oxygen atoms in total. The molecule has 104 valence electrons. The number of nitriles is 1. The van der Waals surface area contributed by atoms with E-state index >= 15 is 0 Å². The van der Waals surface area contributed by atoms with Crippen molar-refractivity contribution in [1.29, 1.82) is 5.26 Å². The molecule has 0 atom stereocenters. The van der Waals surface area contributed by atoms with E-state index in [0.717, 1.165) is 4.31 Å². The highest BCUT2D eigenvalue weighted by Gasteiger charge is 2.28. The Morgan fingerprint density at radius 2 is 2.15 bits per heavy atom. The number of sulfonamides is 1. The second-order valence-electron chi connectivity index (χ2n) is 4.06. The lowest BCUT2D eigenvalue weighted by Gasteiger charge is -2.19. The Hall–Kier alpha value is -2.04. The minimum Gasteiger partial charge on any atom is -0.268 e. The minimum atomic E-state index is -3.84. The molecule has 0 fully saturated rings. The summed E-state index contributed by atoms with van der Waals surface area (Å²) in [7, 11) is -0.946.